The molecule has 0 saturated heterocycles. The van der Waals surface area contributed by atoms with Gasteiger partial charge in [0.2, 0.25) is 0 Å². The Labute approximate surface area is 472 Å². The van der Waals surface area contributed by atoms with Gasteiger partial charge in [0, 0.05) is 41.4 Å². The number of hydrogen-bond acceptors (Lipinski definition) is 3. The molecule has 0 spiro atoms. The Hall–Kier alpha value is -6.73. The number of imidazole rings is 1. The zero-order valence-corrected chi connectivity index (χ0v) is 50.0. The number of nitrogens with zero attached hydrogens (tertiary/aromatic N) is 3. The molecule has 12 aromatic rings. The summed E-state index contributed by atoms with van der Waals surface area (Å²) < 4.78 is 22.8. The topological polar surface area (TPSA) is 30.7 Å². The fraction of sp³-hybridized carbons (Fsp3) is 0.171. The van der Waals surface area contributed by atoms with Crippen LogP contribution in [0.25, 0.3) is 104 Å². The van der Waals surface area contributed by atoms with Gasteiger partial charge in [-0.15, -0.1) is 12.1 Å². The molecule has 0 saturated carbocycles. The van der Waals surface area contributed by atoms with E-state index in [1.165, 1.54) is 57.8 Å². The average molecular weight is 1250 g/mol. The zero-order valence-electron chi connectivity index (χ0n) is 46.7. The number of thiophene rings is 1. The molecule has 0 amide bonds. The molecule has 379 valence electrons. The van der Waals surface area contributed by atoms with Crippen LogP contribution in [0.15, 0.2) is 200 Å². The summed E-state index contributed by atoms with van der Waals surface area (Å²) in [5, 5.41) is 4.85. The van der Waals surface area contributed by atoms with Crippen molar-refractivity contribution in [3.63, 3.8) is 0 Å². The first-order chi connectivity index (χ1) is 36.9. The molecule has 1 radical (unpaired) electrons. The maximum Gasteiger partial charge on any atom is 0 e. The minimum atomic E-state index is -2.09. The van der Waals surface area contributed by atoms with Crippen molar-refractivity contribution in [3.8, 4) is 61.7 Å². The van der Waals surface area contributed by atoms with E-state index >= 15 is 0 Å². The summed E-state index contributed by atoms with van der Waals surface area (Å²) in [7, 11) is 0. The minimum Gasteiger partial charge on any atom is 0 e. The second kappa shape index (κ2) is 22.1. The summed E-state index contributed by atoms with van der Waals surface area (Å²) >= 11 is -0.234. The van der Waals surface area contributed by atoms with Gasteiger partial charge >= 0.3 is 141 Å². The van der Waals surface area contributed by atoms with Gasteiger partial charge in [-0.3, -0.25) is 4.98 Å². The average Bonchev–Trinajstić information content (AvgIpc) is 4.19. The Morgan fingerprint density at radius 1 is 0.579 bits per heavy atom. The third-order valence-corrected chi connectivity index (χ3v) is 19.8. The molecule has 0 bridgehead atoms. The molecular weight excluding hydrogens is 1180 g/mol. The molecule has 0 aliphatic rings. The maximum absolute atomic E-state index is 8.54. The van der Waals surface area contributed by atoms with Gasteiger partial charge in [-0.05, 0) is 67.9 Å². The van der Waals surface area contributed by atoms with Crippen LogP contribution in [0.4, 0.5) is 0 Å². The van der Waals surface area contributed by atoms with Crippen molar-refractivity contribution in [2.24, 2.45) is 0 Å². The zero-order chi connectivity index (χ0) is 53.8. The van der Waals surface area contributed by atoms with Crippen LogP contribution < -0.4 is 4.40 Å². The smallest absolute Gasteiger partial charge is 0 e. The van der Waals surface area contributed by atoms with Crippen molar-refractivity contribution in [2.75, 3.05) is 0 Å². The second-order valence-electron chi connectivity index (χ2n) is 21.4. The van der Waals surface area contributed by atoms with Crippen LogP contribution in [-0.2, 0) is 20.1 Å². The maximum atomic E-state index is 8.54. The van der Waals surface area contributed by atoms with E-state index in [0.29, 0.717) is 5.92 Å². The number of rotatable bonds is 10. The molecule has 76 heavy (non-hydrogen) atoms. The fourth-order valence-corrected chi connectivity index (χ4v) is 14.9. The number of hydrogen-bond donors (Lipinski definition) is 0. The summed E-state index contributed by atoms with van der Waals surface area (Å²) in [5.74, 6) is 7.07. The SMILES string of the molecule is CC(C)c1ccc2c(c1)sc1c(-c3nc4c5ccccc5ccc4n3-c3ccc(-c4ccccc4)cc3-c3ccccc3)[c-]cc(-c3ccccc3)c12.[2H]C(C)(C)c1c[c-]c(-c2cc(C([2H])(C)C)[c]([Ge]([CH3])([CH3])[CH3])cn2)cc1.[Ir]. The third kappa shape index (κ3) is 10.3. The molecule has 12 rings (SSSR count). The number of fused-ring (bicyclic) bond motifs is 6. The van der Waals surface area contributed by atoms with Crippen LogP contribution in [-0.4, -0.2) is 27.8 Å². The molecule has 6 heteroatoms. The summed E-state index contributed by atoms with van der Waals surface area (Å²) in [6, 6.07) is 76.2. The molecule has 3 nitrogen and oxygen atoms in total. The molecule has 0 unspecified atom stereocenters. The van der Waals surface area contributed by atoms with Crippen LogP contribution in [0.1, 0.15) is 78.7 Å². The van der Waals surface area contributed by atoms with E-state index in [1.54, 1.807) is 0 Å². The first-order valence-corrected chi connectivity index (χ1v) is 34.2. The summed E-state index contributed by atoms with van der Waals surface area (Å²) in [6.07, 6.45) is 1.98. The predicted octanol–water partition coefficient (Wildman–Crippen LogP) is 19.5. The van der Waals surface area contributed by atoms with E-state index in [2.05, 4.69) is 229 Å². The van der Waals surface area contributed by atoms with Crippen LogP contribution in [0.5, 0.6) is 0 Å². The Morgan fingerprint density at radius 3 is 1.88 bits per heavy atom. The Bertz CT molecular complexity index is 4110. The van der Waals surface area contributed by atoms with E-state index < -0.39 is 25.1 Å². The third-order valence-electron chi connectivity index (χ3n) is 14.4. The molecule has 0 atom stereocenters. The molecular formula is C70H63GeIrN3S-2. The number of benzene rings is 9. The fourth-order valence-electron chi connectivity index (χ4n) is 10.3. The van der Waals surface area contributed by atoms with Gasteiger partial charge in [-0.2, -0.15) is 11.3 Å². The normalized spacial score (nSPS) is 12.4. The largest absolute Gasteiger partial charge is 0 e. The number of pyridine rings is 1. The van der Waals surface area contributed by atoms with Gasteiger partial charge < -0.3 is 4.57 Å². The van der Waals surface area contributed by atoms with E-state index in [1.807, 2.05) is 63.4 Å². The first-order valence-electron chi connectivity index (χ1n) is 27.1. The summed E-state index contributed by atoms with van der Waals surface area (Å²) in [6.45, 7) is 12.2. The Kier molecular flexibility index (Phi) is 14.6. The van der Waals surface area contributed by atoms with Crippen molar-refractivity contribution >= 4 is 71.0 Å². The van der Waals surface area contributed by atoms with Crippen LogP contribution in [0.2, 0.25) is 17.3 Å². The molecule has 3 aromatic heterocycles. The Morgan fingerprint density at radius 2 is 1.24 bits per heavy atom. The standard InChI is InChI=1S/C50H35N2S.C20H28GeN.Ir/c1-32(2)37-22-25-41-46(31-37)53-49-42(27-26-39(47(41)49)34-16-8-4-9-17-34)50-51-48-40-21-13-12-20-36(40)23-29-45(48)52(50)44-28-24-38(33-14-6-3-7-15-33)30-43(44)35-18-10-5-11-19-35;1-14(2)16-8-10-17(11-9-16)20-12-18(15(3)4)19(13-22-20)21(5,6)7;/h3-26,28-32H,1-2H3;8-10,12-15H,1-7H3;/q2*-1;/i;14D,15D;. The molecule has 0 N–H and O–H groups in total. The van der Waals surface area contributed by atoms with Crippen molar-refractivity contribution < 1.29 is 22.8 Å². The summed E-state index contributed by atoms with van der Waals surface area (Å²) in [5.41, 5.74) is 16.4. The van der Waals surface area contributed by atoms with Gasteiger partial charge in [0.1, 0.15) is 0 Å². The van der Waals surface area contributed by atoms with Crippen LogP contribution in [0, 0.1) is 12.1 Å². The van der Waals surface area contributed by atoms with Crippen molar-refractivity contribution in [3.05, 3.63) is 229 Å². The molecule has 0 fully saturated rings. The van der Waals surface area contributed by atoms with E-state index in [9.17, 15) is 0 Å². The van der Waals surface area contributed by atoms with Crippen LogP contribution in [0.3, 0.4) is 0 Å². The van der Waals surface area contributed by atoms with Gasteiger partial charge in [-0.1, -0.05) is 175 Å². The molecule has 3 heterocycles. The van der Waals surface area contributed by atoms with E-state index in [0.717, 1.165) is 67.0 Å². The van der Waals surface area contributed by atoms with Crippen molar-refractivity contribution in [1.82, 2.24) is 14.5 Å². The van der Waals surface area contributed by atoms with Gasteiger partial charge in [0.15, 0.2) is 0 Å². The molecule has 0 aliphatic heterocycles. The van der Waals surface area contributed by atoms with Crippen molar-refractivity contribution in [1.29, 1.82) is 0 Å². The van der Waals surface area contributed by atoms with Gasteiger partial charge in [0.25, 0.3) is 0 Å². The predicted molar refractivity (Wildman–Crippen MR) is 326 cm³/mol. The second-order valence-corrected chi connectivity index (χ2v) is 33.0. The minimum absolute atomic E-state index is 0. The van der Waals surface area contributed by atoms with Crippen molar-refractivity contribution in [2.45, 2.75) is 76.5 Å². The monoisotopic (exact) mass is 1250 g/mol. The van der Waals surface area contributed by atoms with E-state index in [4.69, 9.17) is 7.73 Å². The molecule has 9 aromatic carbocycles. The van der Waals surface area contributed by atoms with Crippen LogP contribution >= 0.6 is 11.3 Å². The quantitative estimate of drug-likeness (QED) is 0.101. The first kappa shape index (κ1) is 50.1. The molecule has 0 aliphatic carbocycles. The van der Waals surface area contributed by atoms with Gasteiger partial charge in [-0.25, -0.2) is 0 Å². The van der Waals surface area contributed by atoms with Gasteiger partial charge in [0.05, 0.1) is 16.9 Å². The Balaban J connectivity index is 0.000000233. The number of aromatic nitrogens is 3. The van der Waals surface area contributed by atoms with E-state index in [-0.39, 0.29) is 20.1 Å². The summed E-state index contributed by atoms with van der Waals surface area (Å²) in [4.78, 5) is 10.3.